The van der Waals surface area contributed by atoms with E-state index in [0.717, 1.165) is 31.6 Å². The number of rotatable bonds is 5. The van der Waals surface area contributed by atoms with Crippen molar-refractivity contribution in [3.8, 4) is 0 Å². The number of carbonyl (C=O) groups excluding carboxylic acids is 1. The molecular formula is C12H23N3O2. The van der Waals surface area contributed by atoms with E-state index in [0.29, 0.717) is 19.4 Å². The molecule has 0 aromatic heterocycles. The first kappa shape index (κ1) is 13.8. The van der Waals surface area contributed by atoms with E-state index in [9.17, 15) is 4.79 Å². The van der Waals surface area contributed by atoms with Gasteiger partial charge in [-0.2, -0.15) is 0 Å². The maximum atomic E-state index is 11.8. The van der Waals surface area contributed by atoms with Gasteiger partial charge in [0.15, 0.2) is 0 Å². The van der Waals surface area contributed by atoms with E-state index in [2.05, 4.69) is 17.4 Å². The van der Waals surface area contributed by atoms with Crippen molar-refractivity contribution in [3.63, 3.8) is 0 Å². The smallest absolute Gasteiger partial charge is 0.223 e. The highest BCUT2D eigenvalue weighted by molar-refractivity contribution is 5.80. The Kier molecular flexibility index (Phi) is 5.80. The van der Waals surface area contributed by atoms with E-state index >= 15 is 0 Å². The molecule has 1 aliphatic rings. The van der Waals surface area contributed by atoms with Gasteiger partial charge in [0.2, 0.25) is 5.91 Å². The third kappa shape index (κ3) is 5.06. The van der Waals surface area contributed by atoms with Crippen LogP contribution in [0.15, 0.2) is 5.16 Å². The van der Waals surface area contributed by atoms with Gasteiger partial charge in [0.05, 0.1) is 0 Å². The third-order valence-corrected chi connectivity index (χ3v) is 3.42. The summed E-state index contributed by atoms with van der Waals surface area (Å²) in [7, 11) is 0. The van der Waals surface area contributed by atoms with Gasteiger partial charge >= 0.3 is 0 Å². The second kappa shape index (κ2) is 7.14. The molecule has 1 fully saturated rings. The van der Waals surface area contributed by atoms with Crippen molar-refractivity contribution in [1.29, 1.82) is 0 Å². The number of carbonyl (C=O) groups is 1. The Morgan fingerprint density at radius 2 is 2.06 bits per heavy atom. The average molecular weight is 241 g/mol. The second-order valence-corrected chi connectivity index (χ2v) is 4.94. The Morgan fingerprint density at radius 3 is 2.65 bits per heavy atom. The Morgan fingerprint density at radius 1 is 1.41 bits per heavy atom. The van der Waals surface area contributed by atoms with E-state index in [1.807, 2.05) is 0 Å². The number of nitrogens with one attached hydrogen (secondary N) is 1. The molecule has 1 amide bonds. The summed E-state index contributed by atoms with van der Waals surface area (Å²) in [5.74, 6) is 1.33. The van der Waals surface area contributed by atoms with Gasteiger partial charge in [-0.25, -0.2) is 0 Å². The predicted octanol–water partition coefficient (Wildman–Crippen LogP) is 1.46. The first-order valence-corrected chi connectivity index (χ1v) is 6.37. The van der Waals surface area contributed by atoms with Crippen molar-refractivity contribution in [3.05, 3.63) is 0 Å². The molecule has 0 unspecified atom stereocenters. The predicted molar refractivity (Wildman–Crippen MR) is 66.8 cm³/mol. The molecular weight excluding hydrogens is 218 g/mol. The molecule has 1 aliphatic carbocycles. The Bertz CT molecular complexity index is 271. The molecule has 0 saturated heterocycles. The number of oxime groups is 1. The number of hydrogen-bond donors (Lipinski definition) is 3. The van der Waals surface area contributed by atoms with E-state index in [-0.39, 0.29) is 17.7 Å². The Hall–Kier alpha value is -1.26. The molecule has 0 spiro atoms. The zero-order valence-electron chi connectivity index (χ0n) is 10.5. The zero-order chi connectivity index (χ0) is 12.7. The molecule has 4 N–H and O–H groups in total. The summed E-state index contributed by atoms with van der Waals surface area (Å²) >= 11 is 0. The van der Waals surface area contributed by atoms with Crippen LogP contribution in [0.3, 0.4) is 0 Å². The van der Waals surface area contributed by atoms with Gasteiger partial charge < -0.3 is 16.3 Å². The Balaban J connectivity index is 2.13. The normalized spacial score (nSPS) is 25.6. The van der Waals surface area contributed by atoms with Crippen LogP contribution in [0.25, 0.3) is 0 Å². The van der Waals surface area contributed by atoms with Crippen LogP contribution < -0.4 is 11.1 Å². The number of hydrogen-bond acceptors (Lipinski definition) is 3. The van der Waals surface area contributed by atoms with Crippen LogP contribution in [0.5, 0.6) is 0 Å². The van der Waals surface area contributed by atoms with Gasteiger partial charge in [-0.3, -0.25) is 4.79 Å². The molecule has 98 valence electrons. The minimum absolute atomic E-state index is 0.163. The minimum Gasteiger partial charge on any atom is -0.409 e. The van der Waals surface area contributed by atoms with E-state index in [4.69, 9.17) is 10.9 Å². The lowest BCUT2D eigenvalue weighted by Gasteiger charge is -2.25. The molecule has 0 radical (unpaired) electrons. The molecule has 1 saturated carbocycles. The summed E-state index contributed by atoms with van der Waals surface area (Å²) < 4.78 is 0. The maximum Gasteiger partial charge on any atom is 0.223 e. The van der Waals surface area contributed by atoms with E-state index in [1.165, 1.54) is 0 Å². The highest BCUT2D eigenvalue weighted by atomic mass is 16.4. The van der Waals surface area contributed by atoms with Gasteiger partial charge in [0.25, 0.3) is 0 Å². The van der Waals surface area contributed by atoms with Crippen LogP contribution >= 0.6 is 0 Å². The first-order valence-electron chi connectivity index (χ1n) is 6.37. The molecule has 0 bridgehead atoms. The zero-order valence-corrected chi connectivity index (χ0v) is 10.5. The van der Waals surface area contributed by atoms with Gasteiger partial charge in [-0.15, -0.1) is 0 Å². The van der Waals surface area contributed by atoms with Gasteiger partial charge in [0, 0.05) is 18.9 Å². The highest BCUT2D eigenvalue weighted by Gasteiger charge is 2.23. The lowest BCUT2D eigenvalue weighted by molar-refractivity contribution is -0.126. The summed E-state index contributed by atoms with van der Waals surface area (Å²) in [4.78, 5) is 11.8. The molecule has 17 heavy (non-hydrogen) atoms. The molecule has 0 aromatic carbocycles. The fraction of sp³-hybridized carbons (Fsp3) is 0.833. The quantitative estimate of drug-likeness (QED) is 0.224. The lowest BCUT2D eigenvalue weighted by Crippen LogP contribution is -2.33. The highest BCUT2D eigenvalue weighted by Crippen LogP contribution is 2.28. The SMILES string of the molecule is CC1CCC(C(=O)NCCCC(N)=NO)CC1. The molecule has 5 heteroatoms. The average Bonchev–Trinajstić information content (AvgIpc) is 2.34. The van der Waals surface area contributed by atoms with Crippen LogP contribution in [-0.4, -0.2) is 23.5 Å². The van der Waals surface area contributed by atoms with Crippen LogP contribution in [-0.2, 0) is 4.79 Å². The second-order valence-electron chi connectivity index (χ2n) is 4.94. The van der Waals surface area contributed by atoms with Gasteiger partial charge in [-0.1, -0.05) is 12.1 Å². The van der Waals surface area contributed by atoms with Crippen molar-refractivity contribution in [2.45, 2.75) is 45.4 Å². The minimum atomic E-state index is 0.163. The monoisotopic (exact) mass is 241 g/mol. The first-order chi connectivity index (χ1) is 8.13. The molecule has 0 heterocycles. The standard InChI is InChI=1S/C12H23N3O2/c1-9-4-6-10(7-5-9)12(16)14-8-2-3-11(13)15-17/h9-10,17H,2-8H2,1H3,(H2,13,15)(H,14,16). The van der Waals surface area contributed by atoms with Crippen molar-refractivity contribution in [2.75, 3.05) is 6.54 Å². The van der Waals surface area contributed by atoms with Crippen molar-refractivity contribution in [1.82, 2.24) is 5.32 Å². The van der Waals surface area contributed by atoms with Crippen molar-refractivity contribution in [2.24, 2.45) is 22.7 Å². The van der Waals surface area contributed by atoms with Gasteiger partial charge in [0.1, 0.15) is 5.84 Å². The fourth-order valence-electron chi connectivity index (χ4n) is 2.20. The number of nitrogens with two attached hydrogens (primary N) is 1. The molecule has 1 rings (SSSR count). The summed E-state index contributed by atoms with van der Waals surface area (Å²) in [5, 5.41) is 14.1. The molecule has 0 atom stereocenters. The van der Waals surface area contributed by atoms with Crippen LogP contribution in [0.2, 0.25) is 0 Å². The summed E-state index contributed by atoms with van der Waals surface area (Å²) in [6.45, 7) is 2.84. The number of amides is 1. The fourth-order valence-corrected chi connectivity index (χ4v) is 2.20. The molecule has 5 nitrogen and oxygen atoms in total. The van der Waals surface area contributed by atoms with Crippen LogP contribution in [0, 0.1) is 11.8 Å². The van der Waals surface area contributed by atoms with E-state index < -0.39 is 0 Å². The van der Waals surface area contributed by atoms with Gasteiger partial charge in [-0.05, 0) is 38.0 Å². The Labute approximate surface area is 102 Å². The number of amidine groups is 1. The van der Waals surface area contributed by atoms with Crippen LogP contribution in [0.1, 0.15) is 45.4 Å². The van der Waals surface area contributed by atoms with Crippen molar-refractivity contribution >= 4 is 11.7 Å². The van der Waals surface area contributed by atoms with Crippen LogP contribution in [0.4, 0.5) is 0 Å². The van der Waals surface area contributed by atoms with E-state index in [1.54, 1.807) is 0 Å². The summed E-state index contributed by atoms with van der Waals surface area (Å²) in [6, 6.07) is 0. The lowest BCUT2D eigenvalue weighted by atomic mass is 9.82. The summed E-state index contributed by atoms with van der Waals surface area (Å²) in [5.41, 5.74) is 5.34. The molecule has 0 aromatic rings. The number of nitrogens with zero attached hydrogens (tertiary/aromatic N) is 1. The molecule has 0 aliphatic heterocycles. The maximum absolute atomic E-state index is 11.8. The van der Waals surface area contributed by atoms with Crippen molar-refractivity contribution < 1.29 is 10.0 Å². The topological polar surface area (TPSA) is 87.7 Å². The summed E-state index contributed by atoms with van der Waals surface area (Å²) in [6.07, 6.45) is 5.55. The third-order valence-electron chi connectivity index (χ3n) is 3.42. The largest absolute Gasteiger partial charge is 0.409 e.